The van der Waals surface area contributed by atoms with Crippen LogP contribution in [0.25, 0.3) is 16.9 Å². The average molecular weight is 452 g/mol. The standard InChI is InChI=1S/C23H26FN7O2/c1-14(2)30-20-8-21(31-22-17(11-29-31)7-15(9-25)10-27-22)26-12-18(20)23(32)28-13-19(24)16-3-5-33-6-4-16/h7-8,10-12,14,16,19H,3-6,13H2,1-2H3,(H,26,30)(H,28,32). The lowest BCUT2D eigenvalue weighted by Crippen LogP contribution is -2.36. The second-order valence-electron chi connectivity index (χ2n) is 8.37. The number of halogens is 1. The Bertz CT molecular complexity index is 1180. The van der Waals surface area contributed by atoms with Crippen LogP contribution in [0.1, 0.15) is 42.6 Å². The molecule has 33 heavy (non-hydrogen) atoms. The molecular weight excluding hydrogens is 425 g/mol. The smallest absolute Gasteiger partial charge is 0.255 e. The molecule has 1 amide bonds. The maximum absolute atomic E-state index is 14.6. The molecule has 1 unspecified atom stereocenters. The third-order valence-electron chi connectivity index (χ3n) is 5.57. The van der Waals surface area contributed by atoms with Gasteiger partial charge in [0.1, 0.15) is 12.2 Å². The second kappa shape index (κ2) is 9.92. The Morgan fingerprint density at radius 2 is 2.06 bits per heavy atom. The van der Waals surface area contributed by atoms with Crippen LogP contribution in [0.2, 0.25) is 0 Å². The van der Waals surface area contributed by atoms with Gasteiger partial charge in [0.25, 0.3) is 5.91 Å². The van der Waals surface area contributed by atoms with E-state index in [1.807, 2.05) is 13.8 Å². The highest BCUT2D eigenvalue weighted by molar-refractivity contribution is 5.99. The minimum Gasteiger partial charge on any atom is -0.382 e. The third kappa shape index (κ3) is 5.09. The van der Waals surface area contributed by atoms with E-state index in [4.69, 9.17) is 10.00 Å². The van der Waals surface area contributed by atoms with Crippen molar-refractivity contribution in [3.63, 3.8) is 0 Å². The lowest BCUT2D eigenvalue weighted by Gasteiger charge is -2.25. The molecule has 0 saturated carbocycles. The lowest BCUT2D eigenvalue weighted by atomic mass is 9.95. The van der Waals surface area contributed by atoms with Crippen LogP contribution in [0, 0.1) is 17.2 Å². The van der Waals surface area contributed by atoms with E-state index in [0.29, 0.717) is 59.7 Å². The van der Waals surface area contributed by atoms with Crippen LogP contribution in [-0.4, -0.2) is 57.6 Å². The maximum Gasteiger partial charge on any atom is 0.255 e. The van der Waals surface area contributed by atoms with E-state index in [2.05, 4.69) is 31.8 Å². The van der Waals surface area contributed by atoms with Gasteiger partial charge in [0.15, 0.2) is 11.5 Å². The highest BCUT2D eigenvalue weighted by atomic mass is 19.1. The molecular formula is C23H26FN7O2. The van der Waals surface area contributed by atoms with E-state index < -0.39 is 12.1 Å². The summed E-state index contributed by atoms with van der Waals surface area (Å²) in [5.74, 6) is -0.0311. The summed E-state index contributed by atoms with van der Waals surface area (Å²) in [4.78, 5) is 21.6. The molecule has 3 aromatic rings. The number of nitrogens with zero attached hydrogens (tertiary/aromatic N) is 5. The molecule has 4 rings (SSSR count). The number of nitrogens with one attached hydrogen (secondary N) is 2. The molecule has 1 atom stereocenters. The molecule has 0 aliphatic carbocycles. The number of hydrogen-bond acceptors (Lipinski definition) is 7. The first-order valence-corrected chi connectivity index (χ1v) is 11.0. The fraction of sp³-hybridized carbons (Fsp3) is 0.435. The molecule has 0 bridgehead atoms. The summed E-state index contributed by atoms with van der Waals surface area (Å²) in [5, 5.41) is 20.1. The molecule has 3 aromatic heterocycles. The van der Waals surface area contributed by atoms with Crippen LogP contribution in [0.3, 0.4) is 0 Å². The number of hydrogen-bond donors (Lipinski definition) is 2. The molecule has 0 aromatic carbocycles. The van der Waals surface area contributed by atoms with E-state index in [-0.39, 0.29) is 18.5 Å². The summed E-state index contributed by atoms with van der Waals surface area (Å²) in [6.07, 6.45) is 4.74. The number of carbonyl (C=O) groups is 1. The number of fused-ring (bicyclic) bond motifs is 1. The minimum absolute atomic E-state index is 0.0497. The van der Waals surface area contributed by atoms with Crippen molar-refractivity contribution < 1.29 is 13.9 Å². The Morgan fingerprint density at radius 3 is 2.79 bits per heavy atom. The number of anilines is 1. The van der Waals surface area contributed by atoms with Crippen molar-refractivity contribution in [1.82, 2.24) is 25.1 Å². The number of ether oxygens (including phenoxy) is 1. The van der Waals surface area contributed by atoms with Crippen molar-refractivity contribution in [3.05, 3.63) is 41.9 Å². The monoisotopic (exact) mass is 451 g/mol. The Labute approximate surface area is 191 Å². The van der Waals surface area contributed by atoms with Crippen LogP contribution >= 0.6 is 0 Å². The quantitative estimate of drug-likeness (QED) is 0.567. The zero-order valence-electron chi connectivity index (χ0n) is 18.6. The third-order valence-corrected chi connectivity index (χ3v) is 5.57. The van der Waals surface area contributed by atoms with Crippen LogP contribution in [0.5, 0.6) is 0 Å². The van der Waals surface area contributed by atoms with Crippen molar-refractivity contribution in [3.8, 4) is 11.9 Å². The summed E-state index contributed by atoms with van der Waals surface area (Å²) < 4.78 is 21.4. The molecule has 1 aliphatic heterocycles. The van der Waals surface area contributed by atoms with Crippen molar-refractivity contribution in [2.45, 2.75) is 38.9 Å². The van der Waals surface area contributed by atoms with E-state index >= 15 is 0 Å². The number of pyridine rings is 2. The summed E-state index contributed by atoms with van der Waals surface area (Å²) >= 11 is 0. The van der Waals surface area contributed by atoms with Gasteiger partial charge in [-0.05, 0) is 38.7 Å². The first kappa shape index (κ1) is 22.6. The Morgan fingerprint density at radius 1 is 1.27 bits per heavy atom. The molecule has 1 saturated heterocycles. The minimum atomic E-state index is -1.12. The molecule has 0 radical (unpaired) electrons. The van der Waals surface area contributed by atoms with Gasteiger partial charge in [0.05, 0.1) is 23.0 Å². The van der Waals surface area contributed by atoms with Crippen LogP contribution in [0.4, 0.5) is 10.1 Å². The summed E-state index contributed by atoms with van der Waals surface area (Å²) in [6, 6.07) is 5.52. The summed E-state index contributed by atoms with van der Waals surface area (Å²) in [5.41, 5.74) is 1.87. The molecule has 9 nitrogen and oxygen atoms in total. The number of alkyl halides is 1. The first-order chi connectivity index (χ1) is 16.0. The number of aromatic nitrogens is 4. The van der Waals surface area contributed by atoms with E-state index in [1.54, 1.807) is 23.0 Å². The van der Waals surface area contributed by atoms with Crippen molar-refractivity contribution in [1.29, 1.82) is 5.26 Å². The van der Waals surface area contributed by atoms with Gasteiger partial charge in [0.2, 0.25) is 0 Å². The average Bonchev–Trinajstić information content (AvgIpc) is 3.25. The highest BCUT2D eigenvalue weighted by Crippen LogP contribution is 2.23. The summed E-state index contributed by atoms with van der Waals surface area (Å²) in [6.45, 7) is 4.97. The molecule has 1 aliphatic rings. The predicted octanol–water partition coefficient (Wildman–Crippen LogP) is 3.00. The summed E-state index contributed by atoms with van der Waals surface area (Å²) in [7, 11) is 0. The van der Waals surface area contributed by atoms with Gasteiger partial charge < -0.3 is 15.4 Å². The number of carbonyl (C=O) groups excluding carboxylic acids is 1. The topological polar surface area (TPSA) is 118 Å². The van der Waals surface area contributed by atoms with Gasteiger partial charge in [-0.25, -0.2) is 14.4 Å². The Hall–Kier alpha value is -3.58. The maximum atomic E-state index is 14.6. The number of amides is 1. The molecule has 1 fully saturated rings. The highest BCUT2D eigenvalue weighted by Gasteiger charge is 2.25. The lowest BCUT2D eigenvalue weighted by molar-refractivity contribution is 0.0367. The van der Waals surface area contributed by atoms with Gasteiger partial charge in [-0.3, -0.25) is 4.79 Å². The fourth-order valence-electron chi connectivity index (χ4n) is 3.85. The van der Waals surface area contributed by atoms with Gasteiger partial charge in [0, 0.05) is 49.6 Å². The predicted molar refractivity (Wildman–Crippen MR) is 121 cm³/mol. The van der Waals surface area contributed by atoms with Crippen LogP contribution < -0.4 is 10.6 Å². The van der Waals surface area contributed by atoms with Crippen molar-refractivity contribution in [2.24, 2.45) is 5.92 Å². The van der Waals surface area contributed by atoms with Gasteiger partial charge in [-0.15, -0.1) is 0 Å². The number of rotatable bonds is 7. The van der Waals surface area contributed by atoms with E-state index in [0.717, 1.165) is 0 Å². The molecule has 172 valence electrons. The Balaban J connectivity index is 1.56. The van der Waals surface area contributed by atoms with Crippen molar-refractivity contribution >= 4 is 22.6 Å². The largest absolute Gasteiger partial charge is 0.382 e. The van der Waals surface area contributed by atoms with E-state index in [9.17, 15) is 9.18 Å². The van der Waals surface area contributed by atoms with Crippen LogP contribution in [-0.2, 0) is 4.74 Å². The van der Waals surface area contributed by atoms with Gasteiger partial charge in [-0.2, -0.15) is 15.0 Å². The van der Waals surface area contributed by atoms with E-state index in [1.165, 1.54) is 12.4 Å². The zero-order valence-corrected chi connectivity index (χ0v) is 18.6. The normalized spacial score (nSPS) is 15.4. The van der Waals surface area contributed by atoms with Gasteiger partial charge in [-0.1, -0.05) is 0 Å². The molecule has 2 N–H and O–H groups in total. The van der Waals surface area contributed by atoms with Crippen LogP contribution in [0.15, 0.2) is 30.7 Å². The molecule has 10 heteroatoms. The van der Waals surface area contributed by atoms with Gasteiger partial charge >= 0.3 is 0 Å². The fourth-order valence-corrected chi connectivity index (χ4v) is 3.85. The molecule has 4 heterocycles. The SMILES string of the molecule is CC(C)Nc1cc(-n2ncc3cc(C#N)cnc32)ncc1C(=O)NCC(F)C1CCOCC1. The number of nitriles is 1. The van der Waals surface area contributed by atoms with Crippen molar-refractivity contribution in [2.75, 3.05) is 25.1 Å². The zero-order chi connectivity index (χ0) is 23.4. The first-order valence-electron chi connectivity index (χ1n) is 11.0. The second-order valence-corrected chi connectivity index (χ2v) is 8.37. The Kier molecular flexibility index (Phi) is 6.79. The molecule has 0 spiro atoms.